The highest BCUT2D eigenvalue weighted by Gasteiger charge is 2.11. The van der Waals surface area contributed by atoms with E-state index >= 15 is 0 Å². The molecule has 0 fully saturated rings. The highest BCUT2D eigenvalue weighted by Crippen LogP contribution is 2.28. The number of rotatable bonds is 8. The molecule has 0 saturated heterocycles. The van der Waals surface area contributed by atoms with Crippen molar-refractivity contribution in [1.29, 1.82) is 0 Å². The Kier molecular flexibility index (Phi) is 6.09. The molecule has 0 bridgehead atoms. The number of thioether (sulfide) groups is 1. The number of hydrogen-bond acceptors (Lipinski definition) is 8. The molecule has 3 aromatic rings. The monoisotopic (exact) mass is 420 g/mol. The number of hydrogen-bond donors (Lipinski definition) is 2. The third kappa shape index (κ3) is 6.05. The highest BCUT2D eigenvalue weighted by atomic mass is 32.2. The van der Waals surface area contributed by atoms with Crippen molar-refractivity contribution in [2.75, 3.05) is 22.0 Å². The molecule has 2 N–H and O–H groups in total. The number of ketones is 1. The Balaban J connectivity index is 1.55. The van der Waals surface area contributed by atoms with E-state index in [1.807, 2.05) is 30.3 Å². The molecular weight excluding hydrogens is 404 g/mol. The summed E-state index contributed by atoms with van der Waals surface area (Å²) in [6.45, 7) is 0. The second kappa shape index (κ2) is 8.51. The summed E-state index contributed by atoms with van der Waals surface area (Å²) < 4.78 is 25.4. The molecule has 0 radical (unpaired) electrons. The minimum absolute atomic E-state index is 0.0707. The lowest BCUT2D eigenvalue weighted by atomic mass is 10.1. The van der Waals surface area contributed by atoms with E-state index < -0.39 is 10.0 Å². The van der Waals surface area contributed by atoms with E-state index in [0.29, 0.717) is 20.7 Å². The first-order valence-electron chi connectivity index (χ1n) is 7.78. The number of nitrogens with zero attached hydrogens (tertiary/aromatic N) is 2. The first-order valence-corrected chi connectivity index (χ1v) is 11.5. The Bertz CT molecular complexity index is 1020. The van der Waals surface area contributed by atoms with Crippen LogP contribution >= 0.6 is 23.1 Å². The van der Waals surface area contributed by atoms with Crippen LogP contribution in [-0.2, 0) is 10.0 Å². The van der Waals surface area contributed by atoms with Gasteiger partial charge in [-0.25, -0.2) is 8.42 Å². The van der Waals surface area contributed by atoms with Crippen LogP contribution < -0.4 is 10.0 Å². The van der Waals surface area contributed by atoms with Crippen molar-refractivity contribution < 1.29 is 13.2 Å². The lowest BCUT2D eigenvalue weighted by Crippen LogP contribution is -2.10. The average molecular weight is 421 g/mol. The molecule has 0 saturated carbocycles. The number of nitrogens with one attached hydrogen (secondary N) is 2. The summed E-state index contributed by atoms with van der Waals surface area (Å²) in [5.41, 5.74) is 1.85. The maximum absolute atomic E-state index is 12.3. The van der Waals surface area contributed by atoms with Crippen LogP contribution in [0.15, 0.2) is 58.9 Å². The minimum Gasteiger partial charge on any atom is -0.330 e. The van der Waals surface area contributed by atoms with Crippen LogP contribution in [0.25, 0.3) is 0 Å². The molecule has 7 nitrogen and oxygen atoms in total. The molecule has 0 aliphatic rings. The van der Waals surface area contributed by atoms with E-state index in [1.54, 1.807) is 24.3 Å². The van der Waals surface area contributed by atoms with Crippen LogP contribution in [0.3, 0.4) is 0 Å². The van der Waals surface area contributed by atoms with Gasteiger partial charge in [0.05, 0.1) is 12.0 Å². The Morgan fingerprint density at radius 2 is 1.74 bits per heavy atom. The molecule has 0 amide bonds. The van der Waals surface area contributed by atoms with Crippen molar-refractivity contribution in [1.82, 2.24) is 10.2 Å². The fourth-order valence-corrected chi connectivity index (χ4v) is 4.34. The zero-order valence-corrected chi connectivity index (χ0v) is 16.7. The Morgan fingerprint density at radius 3 is 2.41 bits per heavy atom. The molecule has 1 aromatic heterocycles. The van der Waals surface area contributed by atoms with Gasteiger partial charge in [0.1, 0.15) is 0 Å². The number of carbonyl (C=O) groups is 1. The third-order valence-corrected chi connectivity index (χ3v) is 5.85. The number of Topliss-reactive ketones (excluding diaryl/α,β-unsaturated/α-hetero) is 1. The van der Waals surface area contributed by atoms with E-state index in [9.17, 15) is 13.2 Å². The largest absolute Gasteiger partial charge is 0.330 e. The Labute approximate surface area is 165 Å². The van der Waals surface area contributed by atoms with Crippen molar-refractivity contribution in [2.45, 2.75) is 4.34 Å². The van der Waals surface area contributed by atoms with Crippen LogP contribution in [0.1, 0.15) is 10.4 Å². The van der Waals surface area contributed by atoms with Crippen molar-refractivity contribution in [3.05, 3.63) is 60.2 Å². The molecule has 0 spiro atoms. The summed E-state index contributed by atoms with van der Waals surface area (Å²) in [6, 6.07) is 16.0. The van der Waals surface area contributed by atoms with Gasteiger partial charge < -0.3 is 5.32 Å². The van der Waals surface area contributed by atoms with Gasteiger partial charge in [-0.2, -0.15) is 0 Å². The molecule has 27 heavy (non-hydrogen) atoms. The van der Waals surface area contributed by atoms with E-state index in [-0.39, 0.29) is 11.5 Å². The van der Waals surface area contributed by atoms with Crippen LogP contribution in [0.2, 0.25) is 0 Å². The second-order valence-corrected chi connectivity index (χ2v) is 9.48. The fraction of sp³-hybridized carbons (Fsp3) is 0.118. The van der Waals surface area contributed by atoms with Crippen LogP contribution in [0, 0.1) is 0 Å². The number of carbonyl (C=O) groups excluding carboxylic acids is 1. The molecular formula is C17H16N4O3S3. The number of sulfonamides is 1. The van der Waals surface area contributed by atoms with Gasteiger partial charge in [-0.15, -0.1) is 10.2 Å². The molecule has 0 atom stereocenters. The van der Waals surface area contributed by atoms with E-state index in [4.69, 9.17) is 0 Å². The number of benzene rings is 2. The third-order valence-electron chi connectivity index (χ3n) is 3.27. The molecule has 0 aliphatic carbocycles. The molecule has 0 aliphatic heterocycles. The maximum atomic E-state index is 12.3. The van der Waals surface area contributed by atoms with E-state index in [1.165, 1.54) is 23.1 Å². The molecule has 0 unspecified atom stereocenters. The van der Waals surface area contributed by atoms with Crippen molar-refractivity contribution in [3.63, 3.8) is 0 Å². The van der Waals surface area contributed by atoms with Crippen LogP contribution in [0.5, 0.6) is 0 Å². The topological polar surface area (TPSA) is 101 Å². The van der Waals surface area contributed by atoms with E-state index in [0.717, 1.165) is 11.9 Å². The SMILES string of the molecule is CS(=O)(=O)Nc1ccc(C(=O)CSc2nnc(Nc3ccccc3)s2)cc1. The van der Waals surface area contributed by atoms with Crippen molar-refractivity contribution >= 4 is 55.4 Å². The standard InChI is InChI=1S/C17H16N4O3S3/c1-27(23,24)21-14-9-7-12(8-10-14)15(22)11-25-17-20-19-16(26-17)18-13-5-3-2-4-6-13/h2-10,21H,11H2,1H3,(H,18,19). The van der Waals surface area contributed by atoms with Gasteiger partial charge in [-0.3, -0.25) is 9.52 Å². The van der Waals surface area contributed by atoms with Gasteiger partial charge in [-0.1, -0.05) is 41.3 Å². The van der Waals surface area contributed by atoms with Crippen molar-refractivity contribution in [3.8, 4) is 0 Å². The summed E-state index contributed by atoms with van der Waals surface area (Å²) in [5.74, 6) is 0.150. The number of anilines is 3. The molecule has 140 valence electrons. The second-order valence-electron chi connectivity index (χ2n) is 5.53. The number of para-hydroxylation sites is 1. The van der Waals surface area contributed by atoms with Gasteiger partial charge in [-0.05, 0) is 36.4 Å². The quantitative estimate of drug-likeness (QED) is 0.424. The Morgan fingerprint density at radius 1 is 1.04 bits per heavy atom. The first kappa shape index (κ1) is 19.3. The van der Waals surface area contributed by atoms with Gasteiger partial charge in [0.2, 0.25) is 15.2 Å². The van der Waals surface area contributed by atoms with Gasteiger partial charge in [0.15, 0.2) is 10.1 Å². The molecule has 2 aromatic carbocycles. The average Bonchev–Trinajstić information content (AvgIpc) is 3.07. The molecule has 10 heteroatoms. The van der Waals surface area contributed by atoms with Crippen molar-refractivity contribution in [2.24, 2.45) is 0 Å². The zero-order valence-electron chi connectivity index (χ0n) is 14.2. The first-order chi connectivity index (χ1) is 12.9. The molecule has 3 rings (SSSR count). The van der Waals surface area contributed by atoms with Gasteiger partial charge in [0, 0.05) is 16.9 Å². The lowest BCUT2D eigenvalue weighted by Gasteiger charge is -2.04. The summed E-state index contributed by atoms with van der Waals surface area (Å²) >= 11 is 2.69. The Hall–Kier alpha value is -2.43. The summed E-state index contributed by atoms with van der Waals surface area (Å²) in [6.07, 6.45) is 1.08. The van der Waals surface area contributed by atoms with Gasteiger partial charge >= 0.3 is 0 Å². The predicted octanol–water partition coefficient (Wildman–Crippen LogP) is 3.63. The predicted molar refractivity (Wildman–Crippen MR) is 110 cm³/mol. The smallest absolute Gasteiger partial charge is 0.229 e. The van der Waals surface area contributed by atoms with E-state index in [2.05, 4.69) is 20.2 Å². The summed E-state index contributed by atoms with van der Waals surface area (Å²) in [4.78, 5) is 12.3. The van der Waals surface area contributed by atoms with Crippen LogP contribution in [0.4, 0.5) is 16.5 Å². The zero-order chi connectivity index (χ0) is 19.3. The maximum Gasteiger partial charge on any atom is 0.229 e. The summed E-state index contributed by atoms with van der Waals surface area (Å²) in [5, 5.41) is 12.0. The fourth-order valence-electron chi connectivity index (χ4n) is 2.11. The lowest BCUT2D eigenvalue weighted by molar-refractivity contribution is 0.102. The van der Waals surface area contributed by atoms with Gasteiger partial charge in [0.25, 0.3) is 0 Å². The summed E-state index contributed by atoms with van der Waals surface area (Å²) in [7, 11) is -3.34. The number of aromatic nitrogens is 2. The minimum atomic E-state index is -3.34. The highest BCUT2D eigenvalue weighted by molar-refractivity contribution is 8.01. The van der Waals surface area contributed by atoms with Crippen LogP contribution in [-0.4, -0.2) is 36.4 Å². The normalized spacial score (nSPS) is 11.1. The molecule has 1 heterocycles.